The van der Waals surface area contributed by atoms with E-state index < -0.39 is 0 Å². The molecule has 0 amide bonds. The number of pyridine rings is 1. The number of hydrogen-bond acceptors (Lipinski definition) is 3. The van der Waals surface area contributed by atoms with E-state index in [1.807, 2.05) is 12.1 Å². The van der Waals surface area contributed by atoms with Gasteiger partial charge in [-0.3, -0.25) is 9.98 Å². The third-order valence-electron chi connectivity index (χ3n) is 7.90. The number of halogens is 3. The molecule has 0 aliphatic rings. The zero-order valence-corrected chi connectivity index (χ0v) is 33.0. The summed E-state index contributed by atoms with van der Waals surface area (Å²) in [7, 11) is 0. The Morgan fingerprint density at radius 1 is 0.522 bits per heavy atom. The first-order valence-corrected chi connectivity index (χ1v) is 17.2. The third kappa shape index (κ3) is 12.4. The number of aromatic nitrogens is 1. The molecule has 0 fully saturated rings. The van der Waals surface area contributed by atoms with Gasteiger partial charge in [-0.05, 0) is 97.9 Å². The minimum absolute atomic E-state index is 0. The van der Waals surface area contributed by atoms with Crippen LogP contribution in [-0.2, 0) is 57.1 Å². The van der Waals surface area contributed by atoms with E-state index in [4.69, 9.17) is 26.6 Å². The molecule has 0 unspecified atom stereocenters. The Morgan fingerprint density at radius 2 is 0.804 bits per heavy atom. The van der Waals surface area contributed by atoms with E-state index in [2.05, 4.69) is 79.7 Å². The van der Waals surface area contributed by atoms with Gasteiger partial charge in [0.15, 0.2) is 0 Å². The first kappa shape index (κ1) is 44.4. The Kier molecular flexibility index (Phi) is 22.1. The summed E-state index contributed by atoms with van der Waals surface area (Å²) in [6.07, 6.45) is 13.0. The molecule has 46 heavy (non-hydrogen) atoms. The maximum absolute atomic E-state index is 6.73. The molecule has 0 aliphatic carbocycles. The molecule has 1 radical (unpaired) electrons. The standard InChI is InChI=1S/C39H54ClN3.2ClH.V/c1-9-15-29-21-31(17-11-3)38(32(22-29)18-12-4)41-27(7)36-25-35(40)26-37(43-36)28(8)42-39-33(19-13-5)23-30(16-10-2)24-34(39)20-14-6;;;/h21-26H,9-20H2,1-8H3;2*1H;/q;;;+2/p-2. The van der Waals surface area contributed by atoms with E-state index in [9.17, 15) is 0 Å². The zero-order valence-electron chi connectivity index (χ0n) is 29.4. The number of nitrogens with zero attached hydrogens (tertiary/aromatic N) is 3. The molecule has 3 nitrogen and oxygen atoms in total. The molecule has 0 N–H and O–H groups in total. The van der Waals surface area contributed by atoms with Crippen molar-refractivity contribution in [3.8, 4) is 0 Å². The molecule has 0 spiro atoms. The second-order valence-corrected chi connectivity index (χ2v) is 12.4. The van der Waals surface area contributed by atoms with Crippen molar-refractivity contribution in [1.29, 1.82) is 0 Å². The van der Waals surface area contributed by atoms with Crippen molar-refractivity contribution in [2.75, 3.05) is 0 Å². The average molecular weight is 722 g/mol. The molecule has 0 saturated carbocycles. The predicted molar refractivity (Wildman–Crippen MR) is 190 cm³/mol. The molecule has 3 aromatic rings. The Morgan fingerprint density at radius 3 is 1.07 bits per heavy atom. The topological polar surface area (TPSA) is 37.6 Å². The summed E-state index contributed by atoms with van der Waals surface area (Å²) in [6.45, 7) is 17.6. The van der Waals surface area contributed by atoms with Crippen molar-refractivity contribution >= 4 is 34.4 Å². The van der Waals surface area contributed by atoms with Gasteiger partial charge in [0.1, 0.15) is 0 Å². The van der Waals surface area contributed by atoms with Crippen LogP contribution in [0.3, 0.4) is 0 Å². The van der Waals surface area contributed by atoms with Crippen LogP contribution < -0.4 is 24.8 Å². The van der Waals surface area contributed by atoms with Crippen LogP contribution in [0.2, 0.25) is 5.02 Å². The van der Waals surface area contributed by atoms with E-state index in [0.717, 1.165) is 111 Å². The second kappa shape index (κ2) is 22.9. The summed E-state index contributed by atoms with van der Waals surface area (Å²) in [5.74, 6) is 0. The van der Waals surface area contributed by atoms with Crippen molar-refractivity contribution < 1.29 is 43.4 Å². The molecule has 0 atom stereocenters. The van der Waals surface area contributed by atoms with Crippen LogP contribution in [0.5, 0.6) is 0 Å². The van der Waals surface area contributed by atoms with Gasteiger partial charge >= 0.3 is 18.6 Å². The number of rotatable bonds is 16. The Labute approximate surface area is 309 Å². The zero-order chi connectivity index (χ0) is 31.4. The summed E-state index contributed by atoms with van der Waals surface area (Å²) >= 11 is 6.73. The quantitative estimate of drug-likeness (QED) is 0.174. The summed E-state index contributed by atoms with van der Waals surface area (Å²) in [5.41, 5.74) is 13.8. The second-order valence-electron chi connectivity index (χ2n) is 12.0. The normalized spacial score (nSPS) is 11.5. The van der Waals surface area contributed by atoms with Crippen LogP contribution in [0, 0.1) is 0 Å². The molecular weight excluding hydrogens is 668 g/mol. The van der Waals surface area contributed by atoms with Crippen LogP contribution in [-0.4, -0.2) is 16.4 Å². The average Bonchev–Trinajstić information content (AvgIpc) is 2.97. The summed E-state index contributed by atoms with van der Waals surface area (Å²) in [6, 6.07) is 13.4. The van der Waals surface area contributed by atoms with Gasteiger partial charge in [0.25, 0.3) is 0 Å². The molecule has 2 aromatic carbocycles. The van der Waals surface area contributed by atoms with Gasteiger partial charge in [0.05, 0.1) is 34.2 Å². The van der Waals surface area contributed by atoms with E-state index >= 15 is 0 Å². The van der Waals surface area contributed by atoms with Gasteiger partial charge in [-0.15, -0.1) is 0 Å². The molecule has 7 heteroatoms. The number of benzene rings is 2. The fourth-order valence-electron chi connectivity index (χ4n) is 5.98. The smallest absolute Gasteiger partial charge is 1.00 e. The van der Waals surface area contributed by atoms with Crippen LogP contribution in [0.15, 0.2) is 46.4 Å². The minimum atomic E-state index is 0. The number of aliphatic imine (C=N–C) groups is 2. The monoisotopic (exact) mass is 720 g/mol. The Balaban J connectivity index is 0.00000675. The molecule has 0 bridgehead atoms. The molecule has 1 aromatic heterocycles. The summed E-state index contributed by atoms with van der Waals surface area (Å²) in [5, 5.41) is 0.658. The van der Waals surface area contributed by atoms with Gasteiger partial charge < -0.3 is 24.8 Å². The molecule has 251 valence electrons. The predicted octanol–water partition coefficient (Wildman–Crippen LogP) is 5.74. The molecule has 0 aliphatic heterocycles. The Bertz CT molecular complexity index is 1270. The van der Waals surface area contributed by atoms with Gasteiger partial charge in [-0.2, -0.15) is 0 Å². The molecule has 0 saturated heterocycles. The largest absolute Gasteiger partial charge is 2.00 e. The minimum Gasteiger partial charge on any atom is -1.00 e. The van der Waals surface area contributed by atoms with E-state index in [1.165, 1.54) is 33.4 Å². The number of aryl methyl sites for hydroxylation is 6. The van der Waals surface area contributed by atoms with Crippen molar-refractivity contribution in [1.82, 2.24) is 4.98 Å². The summed E-state index contributed by atoms with van der Waals surface area (Å²) < 4.78 is 0. The fraction of sp³-hybridized carbons (Fsp3) is 0.513. The fourth-order valence-corrected chi connectivity index (χ4v) is 6.18. The van der Waals surface area contributed by atoms with Crippen LogP contribution in [0.25, 0.3) is 0 Å². The maximum atomic E-state index is 6.73. The summed E-state index contributed by atoms with van der Waals surface area (Å²) in [4.78, 5) is 15.6. The van der Waals surface area contributed by atoms with Gasteiger partial charge in [-0.25, -0.2) is 4.98 Å². The van der Waals surface area contributed by atoms with Crippen LogP contribution in [0.4, 0.5) is 11.4 Å². The maximum Gasteiger partial charge on any atom is 2.00 e. The van der Waals surface area contributed by atoms with E-state index in [-0.39, 0.29) is 43.4 Å². The first-order chi connectivity index (χ1) is 20.8. The van der Waals surface area contributed by atoms with Crippen molar-refractivity contribution in [2.24, 2.45) is 9.98 Å². The van der Waals surface area contributed by atoms with Crippen molar-refractivity contribution in [3.05, 3.63) is 86.2 Å². The number of hydrogen-bond donors (Lipinski definition) is 0. The Hall–Kier alpha value is -1.62. The van der Waals surface area contributed by atoms with Crippen molar-refractivity contribution in [2.45, 2.75) is 132 Å². The SMILES string of the molecule is CCCc1cc(CCC)c(N=C(C)c2cc(Cl)cc(C(C)=Nc3c(CCC)cc(CCC)cc3CCC)n2)c(CCC)c1.[Cl-].[Cl-].[V+2]. The molecule has 3 rings (SSSR count). The van der Waals surface area contributed by atoms with Crippen LogP contribution in [0.1, 0.15) is 139 Å². The third-order valence-corrected chi connectivity index (χ3v) is 8.12. The van der Waals surface area contributed by atoms with Gasteiger partial charge in [0, 0.05) is 5.02 Å². The van der Waals surface area contributed by atoms with Gasteiger partial charge in [0.2, 0.25) is 0 Å². The molecule has 1 heterocycles. The first-order valence-electron chi connectivity index (χ1n) is 16.9. The van der Waals surface area contributed by atoms with E-state index in [0.29, 0.717) is 5.02 Å². The van der Waals surface area contributed by atoms with Crippen molar-refractivity contribution in [3.63, 3.8) is 0 Å². The van der Waals surface area contributed by atoms with Crippen LogP contribution >= 0.6 is 11.6 Å². The van der Waals surface area contributed by atoms with E-state index in [1.54, 1.807) is 0 Å². The molecular formula is C39H54Cl3N3V. The van der Waals surface area contributed by atoms with Gasteiger partial charge in [-0.1, -0.05) is 116 Å².